The Kier molecular flexibility index (Phi) is 6.34. The lowest BCUT2D eigenvalue weighted by Gasteiger charge is -2.15. The van der Waals surface area contributed by atoms with E-state index in [1.54, 1.807) is 35.7 Å². The number of anilines is 1. The minimum atomic E-state index is -0.932. The number of aromatic nitrogens is 3. The van der Waals surface area contributed by atoms with Crippen LogP contribution in [0, 0.1) is 20.8 Å². The molecule has 1 aromatic carbocycles. The van der Waals surface area contributed by atoms with Gasteiger partial charge in [0.1, 0.15) is 5.75 Å². The second-order valence-electron chi connectivity index (χ2n) is 7.14. The van der Waals surface area contributed by atoms with Gasteiger partial charge >= 0.3 is 5.97 Å². The van der Waals surface area contributed by atoms with E-state index in [1.807, 2.05) is 26.8 Å². The maximum absolute atomic E-state index is 12.4. The van der Waals surface area contributed by atoms with E-state index in [-0.39, 0.29) is 6.42 Å². The van der Waals surface area contributed by atoms with E-state index in [9.17, 15) is 9.59 Å². The monoisotopic (exact) mass is 410 g/mol. The van der Waals surface area contributed by atoms with Gasteiger partial charge in [-0.25, -0.2) is 9.50 Å². The number of rotatable bonds is 7. The molecule has 0 unspecified atom stereocenters. The number of para-hydroxylation sites is 2. The highest BCUT2D eigenvalue weighted by Crippen LogP contribution is 2.23. The van der Waals surface area contributed by atoms with E-state index in [4.69, 9.17) is 9.47 Å². The fourth-order valence-corrected chi connectivity index (χ4v) is 3.32. The van der Waals surface area contributed by atoms with Gasteiger partial charge in [0, 0.05) is 23.9 Å². The molecule has 1 amide bonds. The molecule has 8 heteroatoms. The number of benzene rings is 1. The second-order valence-corrected chi connectivity index (χ2v) is 7.14. The number of hydrogen-bond donors (Lipinski definition) is 1. The summed E-state index contributed by atoms with van der Waals surface area (Å²) in [4.78, 5) is 29.3. The summed E-state index contributed by atoms with van der Waals surface area (Å²) in [7, 11) is 1.52. The molecule has 158 valence electrons. The lowest BCUT2D eigenvalue weighted by molar-refractivity contribution is -0.153. The molecule has 0 saturated carbocycles. The van der Waals surface area contributed by atoms with Crippen LogP contribution in [0.3, 0.4) is 0 Å². The molecule has 0 bridgehead atoms. The maximum atomic E-state index is 12.4. The molecule has 30 heavy (non-hydrogen) atoms. The van der Waals surface area contributed by atoms with Crippen molar-refractivity contribution in [3.05, 3.63) is 53.0 Å². The highest BCUT2D eigenvalue weighted by atomic mass is 16.5. The summed E-state index contributed by atoms with van der Waals surface area (Å²) in [5, 5.41) is 7.16. The number of methoxy groups -OCH3 is 1. The third-order valence-corrected chi connectivity index (χ3v) is 4.91. The first-order chi connectivity index (χ1) is 14.3. The summed E-state index contributed by atoms with van der Waals surface area (Å²) < 4.78 is 12.3. The number of carbonyl (C=O) groups is 2. The Labute approximate surface area is 175 Å². The van der Waals surface area contributed by atoms with Gasteiger partial charge in [-0.05, 0) is 51.8 Å². The van der Waals surface area contributed by atoms with E-state index in [2.05, 4.69) is 15.4 Å². The number of carbonyl (C=O) groups excluding carboxylic acids is 2. The Morgan fingerprint density at radius 2 is 1.93 bits per heavy atom. The minimum Gasteiger partial charge on any atom is -0.495 e. The molecular formula is C22H26N4O4. The predicted octanol–water partition coefficient (Wildman–Crippen LogP) is 3.17. The van der Waals surface area contributed by atoms with Crippen molar-refractivity contribution in [2.75, 3.05) is 12.4 Å². The summed E-state index contributed by atoms with van der Waals surface area (Å²) in [6.45, 7) is 7.33. The summed E-state index contributed by atoms with van der Waals surface area (Å²) in [5.74, 6) is -0.337. The number of nitrogens with one attached hydrogen (secondary N) is 1. The van der Waals surface area contributed by atoms with E-state index in [0.29, 0.717) is 17.9 Å². The van der Waals surface area contributed by atoms with Crippen LogP contribution in [0.5, 0.6) is 5.75 Å². The number of fused-ring (bicyclic) bond motifs is 1. The molecule has 0 radical (unpaired) electrons. The van der Waals surface area contributed by atoms with Crippen LogP contribution in [0.25, 0.3) is 5.65 Å². The van der Waals surface area contributed by atoms with Crippen molar-refractivity contribution in [3.63, 3.8) is 0 Å². The molecule has 0 aliphatic heterocycles. The zero-order valence-electron chi connectivity index (χ0n) is 17.9. The van der Waals surface area contributed by atoms with Gasteiger partial charge in [0.25, 0.3) is 5.91 Å². The van der Waals surface area contributed by atoms with E-state index < -0.39 is 18.0 Å². The zero-order chi connectivity index (χ0) is 21.8. The minimum absolute atomic E-state index is 0.140. The molecule has 0 spiro atoms. The van der Waals surface area contributed by atoms with Gasteiger partial charge in [-0.1, -0.05) is 12.1 Å². The third kappa shape index (κ3) is 4.59. The van der Waals surface area contributed by atoms with Crippen molar-refractivity contribution >= 4 is 23.2 Å². The first-order valence-electron chi connectivity index (χ1n) is 9.76. The fourth-order valence-electron chi connectivity index (χ4n) is 3.32. The molecule has 0 aliphatic rings. The molecule has 1 N–H and O–H groups in total. The van der Waals surface area contributed by atoms with Crippen LogP contribution < -0.4 is 10.1 Å². The third-order valence-electron chi connectivity index (χ3n) is 4.91. The van der Waals surface area contributed by atoms with Gasteiger partial charge in [0.05, 0.1) is 18.5 Å². The first kappa shape index (κ1) is 21.3. The van der Waals surface area contributed by atoms with Crippen molar-refractivity contribution < 1.29 is 19.1 Å². The Bertz CT molecular complexity index is 1090. The van der Waals surface area contributed by atoms with Crippen LogP contribution in [-0.2, 0) is 20.7 Å². The summed E-state index contributed by atoms with van der Waals surface area (Å²) in [5.41, 5.74) is 4.95. The van der Waals surface area contributed by atoms with Crippen LogP contribution in [0.1, 0.15) is 36.0 Å². The molecular weight excluding hydrogens is 384 g/mol. The van der Waals surface area contributed by atoms with Crippen LogP contribution in [0.2, 0.25) is 0 Å². The van der Waals surface area contributed by atoms with Crippen molar-refractivity contribution in [1.29, 1.82) is 0 Å². The number of hydrogen-bond acceptors (Lipinski definition) is 6. The average molecular weight is 410 g/mol. The molecule has 1 atom stereocenters. The van der Waals surface area contributed by atoms with Crippen molar-refractivity contribution in [2.45, 2.75) is 46.6 Å². The van der Waals surface area contributed by atoms with Gasteiger partial charge in [0.2, 0.25) is 0 Å². The number of nitrogens with zero attached hydrogens (tertiary/aromatic N) is 3. The Balaban J connectivity index is 1.60. The summed E-state index contributed by atoms with van der Waals surface area (Å²) in [6.07, 6.45) is -0.334. The molecule has 0 saturated heterocycles. The predicted molar refractivity (Wildman–Crippen MR) is 113 cm³/mol. The Morgan fingerprint density at radius 3 is 2.67 bits per heavy atom. The second kappa shape index (κ2) is 8.94. The quantitative estimate of drug-likeness (QED) is 0.601. The highest BCUT2D eigenvalue weighted by molar-refractivity contribution is 5.96. The SMILES string of the molecule is COc1ccccc1NC(=O)[C@@H](C)OC(=O)CCc1c(C)nc2cc(C)nn2c1C. The van der Waals surface area contributed by atoms with Crippen molar-refractivity contribution in [2.24, 2.45) is 0 Å². The molecule has 3 aromatic rings. The van der Waals surface area contributed by atoms with E-state index in [1.165, 1.54) is 7.11 Å². The highest BCUT2D eigenvalue weighted by Gasteiger charge is 2.20. The molecule has 0 fully saturated rings. The van der Waals surface area contributed by atoms with Crippen LogP contribution in [0.15, 0.2) is 30.3 Å². The van der Waals surface area contributed by atoms with Crippen LogP contribution >= 0.6 is 0 Å². The maximum Gasteiger partial charge on any atom is 0.306 e. The summed E-state index contributed by atoms with van der Waals surface area (Å²) >= 11 is 0. The zero-order valence-corrected chi connectivity index (χ0v) is 17.9. The standard InChI is InChI=1S/C22H26N4O4/c1-13-12-20-23-14(2)17(15(3)26(20)25-13)10-11-21(27)30-16(4)22(28)24-18-8-6-7-9-19(18)29-5/h6-9,12,16H,10-11H2,1-5H3,(H,24,28)/t16-/m1/s1. The lowest BCUT2D eigenvalue weighted by atomic mass is 10.1. The number of amides is 1. The lowest BCUT2D eigenvalue weighted by Crippen LogP contribution is -2.30. The number of esters is 1. The molecule has 8 nitrogen and oxygen atoms in total. The van der Waals surface area contributed by atoms with Crippen molar-refractivity contribution in [3.8, 4) is 5.75 Å². The average Bonchev–Trinajstić information content (AvgIpc) is 3.08. The van der Waals surface area contributed by atoms with Gasteiger partial charge < -0.3 is 14.8 Å². The van der Waals surface area contributed by atoms with Gasteiger partial charge in [0.15, 0.2) is 11.8 Å². The molecule has 2 heterocycles. The fraction of sp³-hybridized carbons (Fsp3) is 0.364. The van der Waals surface area contributed by atoms with Gasteiger partial charge in [-0.3, -0.25) is 9.59 Å². The molecule has 0 aliphatic carbocycles. The van der Waals surface area contributed by atoms with Gasteiger partial charge in [-0.15, -0.1) is 0 Å². The van der Waals surface area contributed by atoms with E-state index >= 15 is 0 Å². The normalized spacial score (nSPS) is 11.9. The Morgan fingerprint density at radius 1 is 1.20 bits per heavy atom. The Hall–Kier alpha value is -3.42. The van der Waals surface area contributed by atoms with Crippen LogP contribution in [-0.4, -0.2) is 39.7 Å². The first-order valence-corrected chi connectivity index (χ1v) is 9.76. The largest absolute Gasteiger partial charge is 0.495 e. The smallest absolute Gasteiger partial charge is 0.306 e. The molecule has 2 aromatic heterocycles. The summed E-state index contributed by atoms with van der Waals surface area (Å²) in [6, 6.07) is 8.96. The molecule has 3 rings (SSSR count). The van der Waals surface area contributed by atoms with E-state index in [0.717, 1.165) is 28.3 Å². The number of aryl methyl sites for hydroxylation is 3. The van der Waals surface area contributed by atoms with Crippen LogP contribution in [0.4, 0.5) is 5.69 Å². The topological polar surface area (TPSA) is 94.8 Å². The van der Waals surface area contributed by atoms with Crippen molar-refractivity contribution in [1.82, 2.24) is 14.6 Å². The number of ether oxygens (including phenoxy) is 2. The van der Waals surface area contributed by atoms with Gasteiger partial charge in [-0.2, -0.15) is 5.10 Å².